The van der Waals surface area contributed by atoms with E-state index in [2.05, 4.69) is 15.5 Å². The molecule has 1 aromatic heterocycles. The van der Waals surface area contributed by atoms with Crippen LogP contribution in [0.3, 0.4) is 0 Å². The maximum Gasteiger partial charge on any atom is 0.369 e. The lowest BCUT2D eigenvalue weighted by atomic mass is 11.4. The minimum absolute atomic E-state index is 0.873. The second-order valence-electron chi connectivity index (χ2n) is 1.14. The minimum atomic E-state index is -4.75. The third-order valence-corrected chi connectivity index (χ3v) is 1.19. The molecule has 0 amide bonds. The zero-order chi connectivity index (χ0) is 6.91. The van der Waals surface area contributed by atoms with Crippen molar-refractivity contribution in [2.45, 2.75) is 5.16 Å². The number of halogens is 1. The van der Waals surface area contributed by atoms with Gasteiger partial charge in [0, 0.05) is 0 Å². The molecule has 0 aliphatic carbocycles. The normalized spacial score (nSPS) is 11.7. The molecule has 0 fully saturated rings. The number of nitrogens with zero attached hydrogens (tertiary/aromatic N) is 3. The standard InChI is InChI=1S/CHFN4O2S/c2-9(7,8)1-3-5-6-4-1/h(H,3,4,5,6). The molecule has 6 nitrogen and oxygen atoms in total. The van der Waals surface area contributed by atoms with Crippen molar-refractivity contribution >= 4 is 10.2 Å². The molecule has 0 spiro atoms. The van der Waals surface area contributed by atoms with Crippen LogP contribution in [0.5, 0.6) is 0 Å². The number of nitrogens with one attached hydrogen (secondary N) is 1. The van der Waals surface area contributed by atoms with Gasteiger partial charge in [-0.05, 0) is 10.4 Å². The molecule has 1 aromatic rings. The summed E-state index contributed by atoms with van der Waals surface area (Å²) in [5.41, 5.74) is 0. The van der Waals surface area contributed by atoms with Crippen LogP contribution in [0.1, 0.15) is 0 Å². The lowest BCUT2D eigenvalue weighted by Crippen LogP contribution is -1.94. The zero-order valence-corrected chi connectivity index (χ0v) is 4.76. The summed E-state index contributed by atoms with van der Waals surface area (Å²) >= 11 is 0. The average molecular weight is 152 g/mol. The lowest BCUT2D eigenvalue weighted by molar-refractivity contribution is 0.542. The molecule has 0 aliphatic rings. The zero-order valence-electron chi connectivity index (χ0n) is 3.94. The molecule has 1 rings (SSSR count). The number of aromatic nitrogens is 4. The van der Waals surface area contributed by atoms with Crippen LogP contribution < -0.4 is 0 Å². The van der Waals surface area contributed by atoms with Crippen LogP contribution >= 0.6 is 0 Å². The van der Waals surface area contributed by atoms with Gasteiger partial charge in [0.05, 0.1) is 0 Å². The van der Waals surface area contributed by atoms with Crippen LogP contribution in [0.15, 0.2) is 5.16 Å². The first-order valence-corrected chi connectivity index (χ1v) is 3.17. The van der Waals surface area contributed by atoms with Crippen LogP contribution in [-0.2, 0) is 10.2 Å². The first kappa shape index (κ1) is 6.08. The van der Waals surface area contributed by atoms with Crippen molar-refractivity contribution in [2.75, 3.05) is 0 Å². The summed E-state index contributed by atoms with van der Waals surface area (Å²) in [4.78, 5) is 0. The van der Waals surface area contributed by atoms with Crippen LogP contribution in [-0.4, -0.2) is 29.0 Å². The fraction of sp³-hybridized carbons (Fsp3) is 0. The summed E-state index contributed by atoms with van der Waals surface area (Å²) in [6.07, 6.45) is 0. The molecule has 0 radical (unpaired) electrons. The highest BCUT2D eigenvalue weighted by Gasteiger charge is 2.15. The van der Waals surface area contributed by atoms with Gasteiger partial charge in [-0.3, -0.25) is 0 Å². The fourth-order valence-electron chi connectivity index (χ4n) is 0.254. The molecule has 0 bridgehead atoms. The van der Waals surface area contributed by atoms with E-state index in [1.54, 1.807) is 5.10 Å². The van der Waals surface area contributed by atoms with Gasteiger partial charge >= 0.3 is 10.2 Å². The van der Waals surface area contributed by atoms with Crippen molar-refractivity contribution < 1.29 is 12.3 Å². The minimum Gasteiger partial charge on any atom is -0.227 e. The Kier molecular flexibility index (Phi) is 1.16. The van der Waals surface area contributed by atoms with Crippen molar-refractivity contribution in [1.29, 1.82) is 0 Å². The largest absolute Gasteiger partial charge is 0.369 e. The molecule has 0 saturated heterocycles. The molecule has 0 aliphatic heterocycles. The topological polar surface area (TPSA) is 88.6 Å². The predicted molar refractivity (Wildman–Crippen MR) is 22.5 cm³/mol. The molecule has 0 saturated carbocycles. The molecular weight excluding hydrogens is 151 g/mol. The van der Waals surface area contributed by atoms with E-state index in [4.69, 9.17) is 0 Å². The highest BCUT2D eigenvalue weighted by Crippen LogP contribution is 1.99. The summed E-state index contributed by atoms with van der Waals surface area (Å²) in [7, 11) is -4.75. The van der Waals surface area contributed by atoms with Gasteiger partial charge in [0.1, 0.15) is 0 Å². The number of aromatic amines is 1. The second-order valence-corrected chi connectivity index (χ2v) is 2.41. The molecule has 50 valence electrons. The van der Waals surface area contributed by atoms with E-state index in [9.17, 15) is 12.3 Å². The Morgan fingerprint density at radius 1 is 1.56 bits per heavy atom. The highest BCUT2D eigenvalue weighted by atomic mass is 32.3. The molecular formula is CHFN4O2S. The van der Waals surface area contributed by atoms with E-state index in [-0.39, 0.29) is 0 Å². The Hall–Kier alpha value is -1.05. The summed E-state index contributed by atoms with van der Waals surface area (Å²) < 4.78 is 31.5. The second kappa shape index (κ2) is 1.72. The Bertz CT molecular complexity index is 276. The monoisotopic (exact) mass is 152 g/mol. The summed E-state index contributed by atoms with van der Waals surface area (Å²) in [6.45, 7) is 0. The lowest BCUT2D eigenvalue weighted by Gasteiger charge is -1.78. The molecule has 1 N–H and O–H groups in total. The summed E-state index contributed by atoms with van der Waals surface area (Å²) in [6, 6.07) is 0. The van der Waals surface area contributed by atoms with E-state index in [0.717, 1.165) is 0 Å². The van der Waals surface area contributed by atoms with Crippen LogP contribution in [0, 0.1) is 0 Å². The Labute approximate surface area is 49.3 Å². The van der Waals surface area contributed by atoms with Gasteiger partial charge in [0.25, 0.3) is 5.16 Å². The maximum atomic E-state index is 11.8. The van der Waals surface area contributed by atoms with Crippen LogP contribution in [0.25, 0.3) is 0 Å². The molecule has 0 unspecified atom stereocenters. The third kappa shape index (κ3) is 1.19. The first-order valence-electron chi connectivity index (χ1n) is 1.79. The summed E-state index contributed by atoms with van der Waals surface area (Å²) in [5, 5.41) is 9.37. The Morgan fingerprint density at radius 2 is 2.22 bits per heavy atom. The van der Waals surface area contributed by atoms with Crippen molar-refractivity contribution in [3.63, 3.8) is 0 Å². The number of hydrogen-bond donors (Lipinski definition) is 1. The average Bonchev–Trinajstić information content (AvgIpc) is 2.08. The van der Waals surface area contributed by atoms with Crippen molar-refractivity contribution in [3.05, 3.63) is 0 Å². The Balaban J connectivity index is 3.20. The smallest absolute Gasteiger partial charge is 0.227 e. The van der Waals surface area contributed by atoms with Gasteiger partial charge in [0.15, 0.2) is 0 Å². The third-order valence-electron chi connectivity index (χ3n) is 0.557. The predicted octanol–water partition coefficient (Wildman–Crippen LogP) is -1.14. The molecule has 0 aromatic carbocycles. The van der Waals surface area contributed by atoms with Crippen molar-refractivity contribution in [2.24, 2.45) is 0 Å². The molecule has 8 heteroatoms. The van der Waals surface area contributed by atoms with Crippen molar-refractivity contribution in [3.8, 4) is 0 Å². The highest BCUT2D eigenvalue weighted by molar-refractivity contribution is 7.86. The van der Waals surface area contributed by atoms with E-state index in [0.29, 0.717) is 0 Å². The van der Waals surface area contributed by atoms with Crippen molar-refractivity contribution in [1.82, 2.24) is 20.6 Å². The maximum absolute atomic E-state index is 11.8. The first-order chi connectivity index (χ1) is 4.11. The van der Waals surface area contributed by atoms with Crippen LogP contribution in [0.4, 0.5) is 3.89 Å². The Morgan fingerprint density at radius 3 is 2.44 bits per heavy atom. The molecule has 0 atom stereocenters. The number of H-pyrrole nitrogens is 1. The fourth-order valence-corrected chi connectivity index (χ4v) is 0.538. The van der Waals surface area contributed by atoms with Crippen LogP contribution in [0.2, 0.25) is 0 Å². The quantitative estimate of drug-likeness (QED) is 0.513. The van der Waals surface area contributed by atoms with Gasteiger partial charge in [0.2, 0.25) is 0 Å². The van der Waals surface area contributed by atoms with Gasteiger partial charge in [-0.15, -0.1) is 0 Å². The molecule has 9 heavy (non-hydrogen) atoms. The molecule has 1 heterocycles. The number of hydrogen-bond acceptors (Lipinski definition) is 5. The number of rotatable bonds is 1. The van der Waals surface area contributed by atoms with E-state index >= 15 is 0 Å². The number of tetrazole rings is 1. The van der Waals surface area contributed by atoms with Gasteiger partial charge in [-0.25, -0.2) is 5.10 Å². The van der Waals surface area contributed by atoms with E-state index in [1.165, 1.54) is 0 Å². The van der Waals surface area contributed by atoms with Gasteiger partial charge in [-0.2, -0.15) is 8.42 Å². The summed E-state index contributed by atoms with van der Waals surface area (Å²) in [5.74, 6) is 0. The van der Waals surface area contributed by atoms with E-state index in [1.807, 2.05) is 0 Å². The van der Waals surface area contributed by atoms with Gasteiger partial charge < -0.3 is 0 Å². The SMILES string of the molecule is O=S(=O)(F)c1nnn[nH]1. The van der Waals surface area contributed by atoms with E-state index < -0.39 is 15.4 Å². The van der Waals surface area contributed by atoms with Gasteiger partial charge in [-0.1, -0.05) is 8.98 Å².